The van der Waals surface area contributed by atoms with Crippen LogP contribution in [0.1, 0.15) is 29.3 Å². The number of Topliss-reactive ketones (excluding diaryl/α,β-unsaturated/α-hetero) is 1. The van der Waals surface area contributed by atoms with Crippen molar-refractivity contribution in [2.24, 2.45) is 0 Å². The molecule has 0 aliphatic carbocycles. The zero-order valence-corrected chi connectivity index (χ0v) is 12.7. The van der Waals surface area contributed by atoms with Crippen LogP contribution in [0.25, 0.3) is 0 Å². The van der Waals surface area contributed by atoms with Gasteiger partial charge in [0.1, 0.15) is 0 Å². The Balaban J connectivity index is 1.99. The van der Waals surface area contributed by atoms with Gasteiger partial charge >= 0.3 is 5.97 Å². The van der Waals surface area contributed by atoms with Crippen molar-refractivity contribution in [3.8, 4) is 0 Å². The van der Waals surface area contributed by atoms with Gasteiger partial charge in [-0.3, -0.25) is 19.2 Å². The fourth-order valence-corrected chi connectivity index (χ4v) is 2.51. The SMILES string of the molecule is CC(=O)C(CC(=O)O)NC(=O)CN1CCc2ccccc2C1=O. The number of carboxylic acid groups (broad SMARTS) is 1. The summed E-state index contributed by atoms with van der Waals surface area (Å²) in [6.07, 6.45) is 0.179. The Bertz CT molecular complexity index is 656. The number of carbonyl (C=O) groups excluding carboxylic acids is 3. The molecule has 0 spiro atoms. The summed E-state index contributed by atoms with van der Waals surface area (Å²) in [7, 11) is 0. The van der Waals surface area contributed by atoms with Crippen LogP contribution in [-0.2, 0) is 20.8 Å². The van der Waals surface area contributed by atoms with E-state index in [-0.39, 0.29) is 12.5 Å². The molecule has 1 aliphatic rings. The van der Waals surface area contributed by atoms with E-state index in [0.29, 0.717) is 18.5 Å². The van der Waals surface area contributed by atoms with Crippen LogP contribution in [0.3, 0.4) is 0 Å². The highest BCUT2D eigenvalue weighted by atomic mass is 16.4. The van der Waals surface area contributed by atoms with E-state index in [9.17, 15) is 19.2 Å². The van der Waals surface area contributed by atoms with E-state index in [4.69, 9.17) is 5.11 Å². The predicted octanol–water partition coefficient (Wildman–Crippen LogP) is 0.233. The summed E-state index contributed by atoms with van der Waals surface area (Å²) in [5.74, 6) is -2.39. The van der Waals surface area contributed by atoms with Crippen LogP contribution in [0.4, 0.5) is 0 Å². The van der Waals surface area contributed by atoms with E-state index in [1.54, 1.807) is 12.1 Å². The van der Waals surface area contributed by atoms with Gasteiger partial charge in [0, 0.05) is 12.1 Å². The van der Waals surface area contributed by atoms with Crippen LogP contribution >= 0.6 is 0 Å². The largest absolute Gasteiger partial charge is 0.481 e. The molecule has 1 aliphatic heterocycles. The summed E-state index contributed by atoms with van der Waals surface area (Å²) in [4.78, 5) is 47.8. The standard InChI is InChI=1S/C16H18N2O5/c1-10(19)13(8-15(21)22)17-14(20)9-18-7-6-11-4-2-3-5-12(11)16(18)23/h2-5,13H,6-9H2,1H3,(H,17,20)(H,21,22). The predicted molar refractivity (Wildman–Crippen MR) is 80.9 cm³/mol. The number of amides is 2. The van der Waals surface area contributed by atoms with Gasteiger partial charge in [0.2, 0.25) is 5.91 Å². The minimum Gasteiger partial charge on any atom is -0.481 e. The number of nitrogens with one attached hydrogen (secondary N) is 1. The molecule has 0 saturated heterocycles. The number of ketones is 1. The van der Waals surface area contributed by atoms with Crippen LogP contribution in [-0.4, -0.2) is 52.7 Å². The summed E-state index contributed by atoms with van der Waals surface area (Å²) < 4.78 is 0. The number of nitrogens with zero attached hydrogens (tertiary/aromatic N) is 1. The molecule has 7 nitrogen and oxygen atoms in total. The summed E-state index contributed by atoms with van der Waals surface area (Å²) >= 11 is 0. The highest BCUT2D eigenvalue weighted by Crippen LogP contribution is 2.18. The zero-order valence-electron chi connectivity index (χ0n) is 12.7. The Labute approximate surface area is 133 Å². The molecule has 0 fully saturated rings. The number of rotatable bonds is 6. The van der Waals surface area contributed by atoms with E-state index >= 15 is 0 Å². The molecule has 23 heavy (non-hydrogen) atoms. The lowest BCUT2D eigenvalue weighted by Crippen LogP contribution is -2.48. The first-order valence-electron chi connectivity index (χ1n) is 7.27. The Morgan fingerprint density at radius 1 is 1.30 bits per heavy atom. The first-order chi connectivity index (χ1) is 10.9. The Morgan fingerprint density at radius 3 is 2.65 bits per heavy atom. The smallest absolute Gasteiger partial charge is 0.305 e. The summed E-state index contributed by atoms with van der Waals surface area (Å²) in [5.41, 5.74) is 1.52. The molecular weight excluding hydrogens is 300 g/mol. The van der Waals surface area contributed by atoms with Gasteiger partial charge in [-0.25, -0.2) is 0 Å². The molecule has 0 saturated carbocycles. The van der Waals surface area contributed by atoms with Crippen molar-refractivity contribution < 1.29 is 24.3 Å². The van der Waals surface area contributed by atoms with Crippen molar-refractivity contribution in [2.75, 3.05) is 13.1 Å². The maximum absolute atomic E-state index is 12.3. The minimum absolute atomic E-state index is 0.198. The van der Waals surface area contributed by atoms with Crippen LogP contribution < -0.4 is 5.32 Å². The van der Waals surface area contributed by atoms with Crippen LogP contribution in [0.5, 0.6) is 0 Å². The lowest BCUT2D eigenvalue weighted by Gasteiger charge is -2.28. The van der Waals surface area contributed by atoms with E-state index in [0.717, 1.165) is 5.56 Å². The normalized spacial score (nSPS) is 14.8. The van der Waals surface area contributed by atoms with E-state index in [1.165, 1.54) is 11.8 Å². The third kappa shape index (κ3) is 4.15. The molecule has 0 bridgehead atoms. The molecule has 7 heteroatoms. The molecule has 0 aromatic heterocycles. The number of carbonyl (C=O) groups is 4. The van der Waals surface area contributed by atoms with Crippen molar-refractivity contribution in [3.63, 3.8) is 0 Å². The third-order valence-electron chi connectivity index (χ3n) is 3.73. The third-order valence-corrected chi connectivity index (χ3v) is 3.73. The molecule has 1 aromatic carbocycles. The van der Waals surface area contributed by atoms with Crippen molar-refractivity contribution in [3.05, 3.63) is 35.4 Å². The molecule has 2 N–H and O–H groups in total. The summed E-state index contributed by atoms with van der Waals surface area (Å²) in [6.45, 7) is 1.43. The molecule has 2 rings (SSSR count). The Kier molecular flexibility index (Phi) is 5.10. The Morgan fingerprint density at radius 2 is 2.00 bits per heavy atom. The van der Waals surface area contributed by atoms with Crippen LogP contribution in [0.15, 0.2) is 24.3 Å². The minimum atomic E-state index is -1.17. The number of hydrogen-bond donors (Lipinski definition) is 2. The second kappa shape index (κ2) is 7.04. The second-order valence-corrected chi connectivity index (χ2v) is 5.46. The monoisotopic (exact) mass is 318 g/mol. The van der Waals surface area contributed by atoms with Gasteiger partial charge in [0.05, 0.1) is 19.0 Å². The van der Waals surface area contributed by atoms with E-state index in [2.05, 4.69) is 5.32 Å². The average Bonchev–Trinajstić information content (AvgIpc) is 2.49. The summed E-state index contributed by atoms with van der Waals surface area (Å²) in [6, 6.07) is 6.14. The van der Waals surface area contributed by atoms with Gasteiger partial charge in [-0.15, -0.1) is 0 Å². The molecule has 122 valence electrons. The molecule has 2 amide bonds. The van der Waals surface area contributed by atoms with Crippen molar-refractivity contribution in [1.82, 2.24) is 10.2 Å². The van der Waals surface area contributed by atoms with E-state index in [1.807, 2.05) is 12.1 Å². The topological polar surface area (TPSA) is 104 Å². The van der Waals surface area contributed by atoms with Gasteiger partial charge in [-0.1, -0.05) is 18.2 Å². The maximum atomic E-state index is 12.3. The number of hydrogen-bond acceptors (Lipinski definition) is 4. The highest BCUT2D eigenvalue weighted by molar-refractivity contribution is 5.99. The lowest BCUT2D eigenvalue weighted by atomic mass is 9.99. The first-order valence-corrected chi connectivity index (χ1v) is 7.27. The van der Waals surface area contributed by atoms with Gasteiger partial charge in [-0.2, -0.15) is 0 Å². The fourth-order valence-electron chi connectivity index (χ4n) is 2.51. The lowest BCUT2D eigenvalue weighted by molar-refractivity contribution is -0.140. The molecule has 1 heterocycles. The number of carboxylic acids is 1. The van der Waals surface area contributed by atoms with E-state index < -0.39 is 30.1 Å². The maximum Gasteiger partial charge on any atom is 0.305 e. The van der Waals surface area contributed by atoms with Gasteiger partial charge < -0.3 is 15.3 Å². The number of aliphatic carboxylic acids is 1. The number of fused-ring (bicyclic) bond motifs is 1. The zero-order chi connectivity index (χ0) is 17.0. The molecule has 1 unspecified atom stereocenters. The van der Waals surface area contributed by atoms with Crippen LogP contribution in [0, 0.1) is 0 Å². The van der Waals surface area contributed by atoms with Crippen molar-refractivity contribution >= 4 is 23.6 Å². The van der Waals surface area contributed by atoms with Crippen molar-refractivity contribution in [2.45, 2.75) is 25.8 Å². The molecular formula is C16H18N2O5. The molecule has 1 aromatic rings. The Hall–Kier alpha value is -2.70. The molecule has 0 radical (unpaired) electrons. The second-order valence-electron chi connectivity index (χ2n) is 5.46. The van der Waals surface area contributed by atoms with Crippen molar-refractivity contribution in [1.29, 1.82) is 0 Å². The average molecular weight is 318 g/mol. The number of benzene rings is 1. The first kappa shape index (κ1) is 16.7. The van der Waals surface area contributed by atoms with Crippen LogP contribution in [0.2, 0.25) is 0 Å². The fraction of sp³-hybridized carbons (Fsp3) is 0.375. The van der Waals surface area contributed by atoms with Gasteiger partial charge in [-0.05, 0) is 25.0 Å². The summed E-state index contributed by atoms with van der Waals surface area (Å²) in [5, 5.41) is 11.1. The van der Waals surface area contributed by atoms with Gasteiger partial charge in [0.15, 0.2) is 5.78 Å². The quantitative estimate of drug-likeness (QED) is 0.781. The highest BCUT2D eigenvalue weighted by Gasteiger charge is 2.27. The molecule has 1 atom stereocenters. The van der Waals surface area contributed by atoms with Gasteiger partial charge in [0.25, 0.3) is 5.91 Å².